The molecule has 2 heterocycles. The van der Waals surface area contributed by atoms with Crippen LogP contribution >= 0.6 is 11.6 Å². The van der Waals surface area contributed by atoms with E-state index < -0.39 is 11.7 Å². The van der Waals surface area contributed by atoms with Crippen LogP contribution in [0.2, 0.25) is 5.02 Å². The van der Waals surface area contributed by atoms with Crippen molar-refractivity contribution in [2.75, 3.05) is 23.3 Å². The maximum absolute atomic E-state index is 13.0. The van der Waals surface area contributed by atoms with Gasteiger partial charge in [-0.1, -0.05) is 37.1 Å². The van der Waals surface area contributed by atoms with Crippen LogP contribution in [-0.4, -0.2) is 23.1 Å². The molecule has 0 bridgehead atoms. The van der Waals surface area contributed by atoms with Crippen molar-refractivity contribution in [2.45, 2.75) is 25.9 Å². The zero-order valence-electron chi connectivity index (χ0n) is 14.1. The second-order valence-corrected chi connectivity index (χ2v) is 6.40. The highest BCUT2D eigenvalue weighted by Crippen LogP contribution is 2.36. The maximum Gasteiger partial charge on any atom is 0.417 e. The first kappa shape index (κ1) is 18.5. The average molecular weight is 383 g/mol. The van der Waals surface area contributed by atoms with E-state index in [-0.39, 0.29) is 16.7 Å². The van der Waals surface area contributed by atoms with Gasteiger partial charge in [0.1, 0.15) is 5.82 Å². The summed E-state index contributed by atoms with van der Waals surface area (Å²) >= 11 is 5.65. The summed E-state index contributed by atoms with van der Waals surface area (Å²) in [4.78, 5) is 10.8. The number of anilines is 3. The van der Waals surface area contributed by atoms with Gasteiger partial charge >= 0.3 is 6.18 Å². The minimum Gasteiger partial charge on any atom is -0.352 e. The lowest BCUT2D eigenvalue weighted by atomic mass is 10.2. The fourth-order valence-corrected chi connectivity index (χ4v) is 2.93. The Morgan fingerprint density at radius 3 is 2.85 bits per heavy atom. The molecule has 0 fully saturated rings. The van der Waals surface area contributed by atoms with Crippen molar-refractivity contribution in [3.8, 4) is 0 Å². The molecule has 8 heteroatoms. The molecular formula is C18H18ClF3N4. The first-order valence-corrected chi connectivity index (χ1v) is 8.68. The van der Waals surface area contributed by atoms with Crippen LogP contribution in [0, 0.1) is 0 Å². The van der Waals surface area contributed by atoms with Crippen LogP contribution < -0.4 is 10.2 Å². The van der Waals surface area contributed by atoms with Gasteiger partial charge in [-0.3, -0.25) is 0 Å². The van der Waals surface area contributed by atoms with Crippen LogP contribution in [0.3, 0.4) is 0 Å². The molecule has 1 aliphatic rings. The number of nitrogens with one attached hydrogen (secondary N) is 1. The Morgan fingerprint density at radius 1 is 1.31 bits per heavy atom. The second-order valence-electron chi connectivity index (χ2n) is 5.99. The number of halogens is 4. The SMILES string of the molecule is CCCCN1CC=Cc2cnc(Nc3ccc(Cl)c(C(F)(F)F)c3)nc21. The van der Waals surface area contributed by atoms with Gasteiger partial charge in [-0.15, -0.1) is 0 Å². The molecule has 0 atom stereocenters. The van der Waals surface area contributed by atoms with E-state index in [9.17, 15) is 13.2 Å². The Bertz CT molecular complexity index is 821. The van der Waals surface area contributed by atoms with Gasteiger partial charge in [0.05, 0.1) is 10.6 Å². The van der Waals surface area contributed by atoms with Crippen molar-refractivity contribution in [2.24, 2.45) is 0 Å². The summed E-state index contributed by atoms with van der Waals surface area (Å²) in [7, 11) is 0. The predicted molar refractivity (Wildman–Crippen MR) is 97.9 cm³/mol. The van der Waals surface area contributed by atoms with Crippen LogP contribution in [-0.2, 0) is 6.18 Å². The number of benzene rings is 1. The smallest absolute Gasteiger partial charge is 0.352 e. The molecule has 1 aliphatic heterocycles. The number of hydrogen-bond donors (Lipinski definition) is 1. The van der Waals surface area contributed by atoms with Crippen LogP contribution in [0.4, 0.5) is 30.6 Å². The molecular weight excluding hydrogens is 365 g/mol. The van der Waals surface area contributed by atoms with E-state index in [1.165, 1.54) is 12.1 Å². The molecule has 0 amide bonds. The average Bonchev–Trinajstić information content (AvgIpc) is 2.60. The van der Waals surface area contributed by atoms with E-state index in [0.29, 0.717) is 0 Å². The third-order valence-electron chi connectivity index (χ3n) is 4.03. The van der Waals surface area contributed by atoms with Gasteiger partial charge in [-0.25, -0.2) is 4.98 Å². The largest absolute Gasteiger partial charge is 0.417 e. The van der Waals surface area contributed by atoms with Gasteiger partial charge in [-0.2, -0.15) is 18.2 Å². The Balaban J connectivity index is 1.87. The van der Waals surface area contributed by atoms with E-state index in [4.69, 9.17) is 11.6 Å². The number of unbranched alkanes of at least 4 members (excludes halogenated alkanes) is 1. The van der Waals surface area contributed by atoms with Gasteiger partial charge in [0.2, 0.25) is 5.95 Å². The maximum atomic E-state index is 13.0. The predicted octanol–water partition coefficient (Wildman–Crippen LogP) is 5.53. The molecule has 0 spiro atoms. The highest BCUT2D eigenvalue weighted by molar-refractivity contribution is 6.31. The van der Waals surface area contributed by atoms with Crippen molar-refractivity contribution in [3.05, 3.63) is 46.6 Å². The lowest BCUT2D eigenvalue weighted by molar-refractivity contribution is -0.137. The number of nitrogens with zero attached hydrogens (tertiary/aromatic N) is 3. The molecule has 0 saturated heterocycles. The van der Waals surface area contributed by atoms with Gasteiger partial charge in [0, 0.05) is 30.5 Å². The Kier molecular flexibility index (Phi) is 5.36. The molecule has 1 aromatic heterocycles. The molecule has 138 valence electrons. The summed E-state index contributed by atoms with van der Waals surface area (Å²) in [6.07, 6.45) is 3.24. The minimum absolute atomic E-state index is 0.230. The number of hydrogen-bond acceptors (Lipinski definition) is 4. The monoisotopic (exact) mass is 382 g/mol. The number of rotatable bonds is 5. The fraction of sp³-hybridized carbons (Fsp3) is 0.333. The number of alkyl halides is 3. The zero-order chi connectivity index (χ0) is 18.7. The lowest BCUT2D eigenvalue weighted by Gasteiger charge is -2.26. The molecule has 0 unspecified atom stereocenters. The third-order valence-corrected chi connectivity index (χ3v) is 4.36. The molecule has 0 saturated carbocycles. The molecule has 4 nitrogen and oxygen atoms in total. The fourth-order valence-electron chi connectivity index (χ4n) is 2.70. The summed E-state index contributed by atoms with van der Waals surface area (Å²) < 4.78 is 39.0. The molecule has 3 rings (SSSR count). The standard InChI is InChI=1S/C18H18ClF3N4/c1-2-3-8-26-9-4-5-12-11-23-17(25-16(12)26)24-13-6-7-15(19)14(10-13)18(20,21)22/h4-7,10-11H,2-3,8-9H2,1H3,(H,23,24,25). The zero-order valence-corrected chi connectivity index (χ0v) is 14.9. The van der Waals surface area contributed by atoms with Crippen LogP contribution in [0.5, 0.6) is 0 Å². The van der Waals surface area contributed by atoms with Crippen LogP contribution in [0.15, 0.2) is 30.5 Å². The van der Waals surface area contributed by atoms with Crippen molar-refractivity contribution < 1.29 is 13.2 Å². The number of aromatic nitrogens is 2. The van der Waals surface area contributed by atoms with E-state index in [1.807, 2.05) is 12.2 Å². The molecule has 0 radical (unpaired) electrons. The normalized spacial score (nSPS) is 13.7. The summed E-state index contributed by atoms with van der Waals surface area (Å²) in [6.45, 7) is 3.73. The van der Waals surface area contributed by atoms with E-state index in [2.05, 4.69) is 27.1 Å². The second kappa shape index (κ2) is 7.53. The first-order chi connectivity index (χ1) is 12.4. The molecule has 1 N–H and O–H groups in total. The van der Waals surface area contributed by atoms with Crippen molar-refractivity contribution in [1.82, 2.24) is 9.97 Å². The van der Waals surface area contributed by atoms with E-state index >= 15 is 0 Å². The Hall–Kier alpha value is -2.28. The molecule has 0 aliphatic carbocycles. The number of fused-ring (bicyclic) bond motifs is 1. The van der Waals surface area contributed by atoms with Gasteiger partial charge < -0.3 is 10.2 Å². The molecule has 26 heavy (non-hydrogen) atoms. The summed E-state index contributed by atoms with van der Waals surface area (Å²) in [6, 6.07) is 3.64. The van der Waals surface area contributed by atoms with Crippen molar-refractivity contribution in [3.63, 3.8) is 0 Å². The highest BCUT2D eigenvalue weighted by Gasteiger charge is 2.33. The minimum atomic E-state index is -4.52. The van der Waals surface area contributed by atoms with Crippen LogP contribution in [0.1, 0.15) is 30.9 Å². The summed E-state index contributed by atoms with van der Waals surface area (Å²) in [5.41, 5.74) is 0.229. The van der Waals surface area contributed by atoms with Gasteiger partial charge in [0.15, 0.2) is 0 Å². The summed E-state index contributed by atoms with van der Waals surface area (Å²) in [5.74, 6) is 1.03. The topological polar surface area (TPSA) is 41.1 Å². The first-order valence-electron chi connectivity index (χ1n) is 8.31. The third kappa shape index (κ3) is 4.09. The Labute approximate surface area is 154 Å². The molecule has 2 aromatic rings. The Morgan fingerprint density at radius 2 is 2.12 bits per heavy atom. The van der Waals surface area contributed by atoms with Gasteiger partial charge in [-0.05, 0) is 24.6 Å². The van der Waals surface area contributed by atoms with Crippen molar-refractivity contribution in [1.29, 1.82) is 0 Å². The quantitative estimate of drug-likeness (QED) is 0.738. The van der Waals surface area contributed by atoms with Crippen LogP contribution in [0.25, 0.3) is 6.08 Å². The molecule has 1 aromatic carbocycles. The highest BCUT2D eigenvalue weighted by atomic mass is 35.5. The van der Waals surface area contributed by atoms with E-state index in [1.54, 1.807) is 6.20 Å². The summed E-state index contributed by atoms with van der Waals surface area (Å²) in [5, 5.41) is 2.50. The van der Waals surface area contributed by atoms with E-state index in [0.717, 1.165) is 43.4 Å². The lowest BCUT2D eigenvalue weighted by Crippen LogP contribution is -2.28. The van der Waals surface area contributed by atoms with Crippen molar-refractivity contribution >= 4 is 35.1 Å². The van der Waals surface area contributed by atoms with Gasteiger partial charge in [0.25, 0.3) is 0 Å².